The van der Waals surface area contributed by atoms with E-state index in [0.29, 0.717) is 19.6 Å². The van der Waals surface area contributed by atoms with Crippen LogP contribution in [-0.4, -0.2) is 41.2 Å². The summed E-state index contributed by atoms with van der Waals surface area (Å²) in [4.78, 5) is 30.3. The van der Waals surface area contributed by atoms with E-state index in [9.17, 15) is 9.59 Å². The number of hydrogen-bond acceptors (Lipinski definition) is 2. The lowest BCUT2D eigenvalue weighted by molar-refractivity contribution is -0.137. The highest BCUT2D eigenvalue weighted by Crippen LogP contribution is 2.39. The van der Waals surface area contributed by atoms with Crippen LogP contribution < -0.4 is 0 Å². The SMILES string of the molecule is Cc1ccc(C2CN(C(=O)C3CC3)CC2C(=O)N2CCc3ccccc3C2)cc1. The maximum atomic E-state index is 13.6. The Labute approximate surface area is 172 Å². The van der Waals surface area contributed by atoms with Gasteiger partial charge in [0.25, 0.3) is 0 Å². The first-order valence-corrected chi connectivity index (χ1v) is 10.8. The molecule has 3 aliphatic rings. The maximum absolute atomic E-state index is 13.6. The van der Waals surface area contributed by atoms with Crippen LogP contribution in [0.2, 0.25) is 0 Å². The topological polar surface area (TPSA) is 40.6 Å². The molecule has 0 N–H and O–H groups in total. The van der Waals surface area contributed by atoms with Gasteiger partial charge in [-0.25, -0.2) is 0 Å². The molecule has 5 rings (SSSR count). The van der Waals surface area contributed by atoms with E-state index >= 15 is 0 Å². The van der Waals surface area contributed by atoms with Crippen LogP contribution in [0.4, 0.5) is 0 Å². The Morgan fingerprint density at radius 1 is 0.862 bits per heavy atom. The molecular weight excluding hydrogens is 360 g/mol. The van der Waals surface area contributed by atoms with Crippen molar-refractivity contribution in [2.45, 2.75) is 38.6 Å². The van der Waals surface area contributed by atoms with E-state index in [1.54, 1.807) is 0 Å². The summed E-state index contributed by atoms with van der Waals surface area (Å²) in [6.45, 7) is 4.76. The number of carbonyl (C=O) groups is 2. The number of fused-ring (bicyclic) bond motifs is 1. The fourth-order valence-electron chi connectivity index (χ4n) is 4.89. The highest BCUT2D eigenvalue weighted by molar-refractivity contribution is 5.85. The van der Waals surface area contributed by atoms with Gasteiger partial charge in [-0.2, -0.15) is 0 Å². The van der Waals surface area contributed by atoms with E-state index in [1.165, 1.54) is 22.3 Å². The van der Waals surface area contributed by atoms with E-state index in [0.717, 1.165) is 25.8 Å². The maximum Gasteiger partial charge on any atom is 0.228 e. The summed E-state index contributed by atoms with van der Waals surface area (Å²) >= 11 is 0. The molecule has 0 bridgehead atoms. The minimum absolute atomic E-state index is 0.0861. The van der Waals surface area contributed by atoms with E-state index in [4.69, 9.17) is 0 Å². The number of nitrogens with zero attached hydrogens (tertiary/aromatic N) is 2. The molecule has 2 aliphatic heterocycles. The molecule has 2 amide bonds. The summed E-state index contributed by atoms with van der Waals surface area (Å²) in [5.41, 5.74) is 5.00. The molecule has 2 heterocycles. The highest BCUT2D eigenvalue weighted by Gasteiger charge is 2.45. The van der Waals surface area contributed by atoms with Crippen molar-refractivity contribution in [2.75, 3.05) is 19.6 Å². The molecule has 2 unspecified atom stereocenters. The van der Waals surface area contributed by atoms with Gasteiger partial charge < -0.3 is 9.80 Å². The van der Waals surface area contributed by atoms with Crippen molar-refractivity contribution in [1.29, 1.82) is 0 Å². The van der Waals surface area contributed by atoms with Crippen molar-refractivity contribution in [3.8, 4) is 0 Å². The molecule has 1 saturated heterocycles. The van der Waals surface area contributed by atoms with Gasteiger partial charge in [-0.1, -0.05) is 54.1 Å². The first kappa shape index (κ1) is 18.4. The zero-order valence-electron chi connectivity index (χ0n) is 17.0. The summed E-state index contributed by atoms with van der Waals surface area (Å²) in [7, 11) is 0. The van der Waals surface area contributed by atoms with Gasteiger partial charge in [0.05, 0.1) is 5.92 Å². The normalized spacial score (nSPS) is 23.8. The van der Waals surface area contributed by atoms with Gasteiger partial charge in [-0.3, -0.25) is 9.59 Å². The van der Waals surface area contributed by atoms with Crippen LogP contribution in [0, 0.1) is 18.8 Å². The summed E-state index contributed by atoms with van der Waals surface area (Å²) in [6, 6.07) is 16.9. The molecule has 4 heteroatoms. The molecule has 29 heavy (non-hydrogen) atoms. The van der Waals surface area contributed by atoms with Crippen molar-refractivity contribution < 1.29 is 9.59 Å². The van der Waals surface area contributed by atoms with Crippen LogP contribution in [-0.2, 0) is 22.6 Å². The number of likely N-dealkylation sites (tertiary alicyclic amines) is 1. The molecule has 2 fully saturated rings. The smallest absolute Gasteiger partial charge is 0.228 e. The van der Waals surface area contributed by atoms with Gasteiger partial charge in [-0.05, 0) is 42.9 Å². The Hall–Kier alpha value is -2.62. The summed E-state index contributed by atoms with van der Waals surface area (Å²) in [5.74, 6) is 0.593. The third-order valence-electron chi connectivity index (χ3n) is 6.82. The minimum Gasteiger partial charge on any atom is -0.341 e. The van der Waals surface area contributed by atoms with Gasteiger partial charge >= 0.3 is 0 Å². The molecular formula is C25H28N2O2. The lowest BCUT2D eigenvalue weighted by atomic mass is 9.87. The molecule has 2 aromatic rings. The molecule has 0 spiro atoms. The van der Waals surface area contributed by atoms with Crippen LogP contribution in [0.3, 0.4) is 0 Å². The third kappa shape index (κ3) is 3.57. The molecule has 0 radical (unpaired) electrons. The van der Waals surface area contributed by atoms with Crippen molar-refractivity contribution in [3.05, 3.63) is 70.8 Å². The third-order valence-corrected chi connectivity index (χ3v) is 6.82. The number of benzene rings is 2. The summed E-state index contributed by atoms with van der Waals surface area (Å²) in [5, 5.41) is 0. The van der Waals surface area contributed by atoms with Gasteiger partial charge in [0.15, 0.2) is 0 Å². The predicted octanol–water partition coefficient (Wildman–Crippen LogP) is 3.53. The zero-order chi connectivity index (χ0) is 20.0. The molecule has 2 atom stereocenters. The number of amides is 2. The fourth-order valence-corrected chi connectivity index (χ4v) is 4.89. The standard InChI is InChI=1S/C25H28N2O2/c1-17-6-8-19(9-7-17)22-15-27(24(28)20-10-11-20)16-23(22)25(29)26-13-12-18-4-2-3-5-21(18)14-26/h2-9,20,22-23H,10-16H2,1H3. The molecule has 150 valence electrons. The van der Waals surface area contributed by atoms with Crippen molar-refractivity contribution >= 4 is 11.8 Å². The lowest BCUT2D eigenvalue weighted by Gasteiger charge is -2.32. The largest absolute Gasteiger partial charge is 0.341 e. The van der Waals surface area contributed by atoms with Crippen LogP contribution in [0.1, 0.15) is 41.0 Å². The average molecular weight is 389 g/mol. The lowest BCUT2D eigenvalue weighted by Crippen LogP contribution is -2.42. The molecule has 1 aliphatic carbocycles. The van der Waals surface area contributed by atoms with E-state index < -0.39 is 0 Å². The van der Waals surface area contributed by atoms with Crippen LogP contribution >= 0.6 is 0 Å². The van der Waals surface area contributed by atoms with Crippen molar-refractivity contribution in [1.82, 2.24) is 9.80 Å². The number of hydrogen-bond donors (Lipinski definition) is 0. The Kier molecular flexibility index (Phi) is 4.65. The Morgan fingerprint density at radius 3 is 2.31 bits per heavy atom. The van der Waals surface area contributed by atoms with Crippen LogP contribution in [0.15, 0.2) is 48.5 Å². The predicted molar refractivity (Wildman–Crippen MR) is 112 cm³/mol. The second-order valence-corrected chi connectivity index (χ2v) is 8.92. The van der Waals surface area contributed by atoms with Crippen LogP contribution in [0.25, 0.3) is 0 Å². The quantitative estimate of drug-likeness (QED) is 0.807. The molecule has 1 saturated carbocycles. The summed E-state index contributed by atoms with van der Waals surface area (Å²) < 4.78 is 0. The first-order chi connectivity index (χ1) is 14.1. The van der Waals surface area contributed by atoms with Crippen molar-refractivity contribution in [2.24, 2.45) is 11.8 Å². The molecule has 0 aromatic heterocycles. The van der Waals surface area contributed by atoms with Gasteiger partial charge in [-0.15, -0.1) is 0 Å². The van der Waals surface area contributed by atoms with Gasteiger partial charge in [0.2, 0.25) is 11.8 Å². The Balaban J connectivity index is 1.40. The summed E-state index contributed by atoms with van der Waals surface area (Å²) in [6.07, 6.45) is 2.92. The fraction of sp³-hybridized carbons (Fsp3) is 0.440. The number of aryl methyl sites for hydroxylation is 1. The van der Waals surface area contributed by atoms with E-state index in [2.05, 4.69) is 49.4 Å². The number of carbonyl (C=O) groups excluding carboxylic acids is 2. The minimum atomic E-state index is -0.148. The average Bonchev–Trinajstić information content (AvgIpc) is 3.51. The van der Waals surface area contributed by atoms with Crippen LogP contribution in [0.5, 0.6) is 0 Å². The Morgan fingerprint density at radius 2 is 1.59 bits per heavy atom. The highest BCUT2D eigenvalue weighted by atomic mass is 16.2. The monoisotopic (exact) mass is 388 g/mol. The molecule has 4 nitrogen and oxygen atoms in total. The Bertz CT molecular complexity index is 932. The van der Waals surface area contributed by atoms with Gasteiger partial charge in [0.1, 0.15) is 0 Å². The second kappa shape index (κ2) is 7.33. The zero-order valence-corrected chi connectivity index (χ0v) is 17.0. The first-order valence-electron chi connectivity index (χ1n) is 10.8. The van der Waals surface area contributed by atoms with E-state index in [1.807, 2.05) is 15.9 Å². The van der Waals surface area contributed by atoms with Crippen molar-refractivity contribution in [3.63, 3.8) is 0 Å². The second-order valence-electron chi connectivity index (χ2n) is 8.92. The van der Waals surface area contributed by atoms with Gasteiger partial charge in [0, 0.05) is 38.0 Å². The number of rotatable bonds is 3. The van der Waals surface area contributed by atoms with E-state index in [-0.39, 0.29) is 29.6 Å². The molecule has 2 aromatic carbocycles.